The normalized spacial score (nSPS) is 22.4. The smallest absolute Gasteiger partial charge is 0.187 e. The first-order valence-electron chi connectivity index (χ1n) is 9.15. The van der Waals surface area contributed by atoms with Gasteiger partial charge >= 0.3 is 0 Å². The predicted octanol–water partition coefficient (Wildman–Crippen LogP) is 2.78. The summed E-state index contributed by atoms with van der Waals surface area (Å²) in [7, 11) is -3.73. The molecule has 2 aromatic rings. The standard InChI is InChI=1S/C20H22ClFN4O3S/c1-11-8-25-15(9-24-11)16(27)7-12-5-13(17(22)14(21)6-12)20(4)10-30(28,29)19(2,3)18(23)26-20/h5-6,8-9H,7,10H2,1-4H3,(H2,23,26)/t20-/m0/s1. The summed E-state index contributed by atoms with van der Waals surface area (Å²) in [6, 6.07) is 2.74. The van der Waals surface area contributed by atoms with Crippen LogP contribution in [0.4, 0.5) is 4.39 Å². The quantitative estimate of drug-likeness (QED) is 0.713. The second-order valence-electron chi connectivity index (χ2n) is 8.12. The number of aromatic nitrogens is 2. The van der Waals surface area contributed by atoms with Crippen molar-refractivity contribution in [1.82, 2.24) is 9.97 Å². The van der Waals surface area contributed by atoms with Crippen LogP contribution in [-0.4, -0.2) is 40.5 Å². The summed E-state index contributed by atoms with van der Waals surface area (Å²) >= 11 is 6.07. The number of carbonyl (C=O) groups is 1. The molecule has 0 unspecified atom stereocenters. The minimum Gasteiger partial charge on any atom is -0.386 e. The van der Waals surface area contributed by atoms with Gasteiger partial charge in [0.25, 0.3) is 0 Å². The minimum atomic E-state index is -3.73. The molecule has 0 radical (unpaired) electrons. The van der Waals surface area contributed by atoms with Crippen molar-refractivity contribution in [1.29, 1.82) is 0 Å². The van der Waals surface area contributed by atoms with Crippen LogP contribution < -0.4 is 5.73 Å². The lowest BCUT2D eigenvalue weighted by atomic mass is 9.90. The summed E-state index contributed by atoms with van der Waals surface area (Å²) in [5.41, 5.74) is 5.67. The molecule has 1 aliphatic rings. The lowest BCUT2D eigenvalue weighted by molar-refractivity contribution is 0.0987. The van der Waals surface area contributed by atoms with Gasteiger partial charge in [-0.2, -0.15) is 0 Å². The molecule has 0 saturated heterocycles. The van der Waals surface area contributed by atoms with Gasteiger partial charge in [-0.05, 0) is 45.4 Å². The van der Waals surface area contributed by atoms with Crippen molar-refractivity contribution < 1.29 is 17.6 Å². The predicted molar refractivity (Wildman–Crippen MR) is 113 cm³/mol. The van der Waals surface area contributed by atoms with Gasteiger partial charge in [-0.3, -0.25) is 14.8 Å². The molecule has 2 heterocycles. The van der Waals surface area contributed by atoms with Crippen LogP contribution in [0.25, 0.3) is 0 Å². The van der Waals surface area contributed by atoms with E-state index in [1.807, 2.05) is 0 Å². The van der Waals surface area contributed by atoms with Gasteiger partial charge in [0.15, 0.2) is 15.6 Å². The summed E-state index contributed by atoms with van der Waals surface area (Å²) in [6.45, 7) is 6.15. The number of nitrogens with two attached hydrogens (primary N) is 1. The summed E-state index contributed by atoms with van der Waals surface area (Å²) in [5.74, 6) is -1.68. The van der Waals surface area contributed by atoms with Crippen molar-refractivity contribution in [2.24, 2.45) is 10.7 Å². The fourth-order valence-electron chi connectivity index (χ4n) is 3.23. The van der Waals surface area contributed by atoms with E-state index < -0.39 is 31.7 Å². The number of aryl methyl sites for hydroxylation is 1. The maximum atomic E-state index is 14.9. The number of benzene rings is 1. The van der Waals surface area contributed by atoms with Gasteiger partial charge in [-0.15, -0.1) is 0 Å². The van der Waals surface area contributed by atoms with Crippen LogP contribution in [0.1, 0.15) is 48.1 Å². The fourth-order valence-corrected chi connectivity index (χ4v) is 5.16. The first-order chi connectivity index (χ1) is 13.8. The third kappa shape index (κ3) is 3.83. The van der Waals surface area contributed by atoms with E-state index in [4.69, 9.17) is 17.3 Å². The Balaban J connectivity index is 2.05. The molecule has 2 N–H and O–H groups in total. The third-order valence-corrected chi connectivity index (χ3v) is 8.31. The number of hydrogen-bond acceptors (Lipinski definition) is 7. The van der Waals surface area contributed by atoms with Crippen LogP contribution in [-0.2, 0) is 21.8 Å². The molecular weight excluding hydrogens is 431 g/mol. The van der Waals surface area contributed by atoms with Crippen LogP contribution in [0.2, 0.25) is 5.02 Å². The molecule has 1 atom stereocenters. The molecule has 1 aliphatic heterocycles. The lowest BCUT2D eigenvalue weighted by Gasteiger charge is -2.38. The largest absolute Gasteiger partial charge is 0.386 e. The molecule has 10 heteroatoms. The maximum absolute atomic E-state index is 14.9. The van der Waals surface area contributed by atoms with Crippen molar-refractivity contribution in [2.75, 3.05) is 5.75 Å². The van der Waals surface area contributed by atoms with Gasteiger partial charge in [-0.1, -0.05) is 11.6 Å². The van der Waals surface area contributed by atoms with Gasteiger partial charge in [-0.25, -0.2) is 17.8 Å². The van der Waals surface area contributed by atoms with Crippen molar-refractivity contribution >= 4 is 33.1 Å². The molecule has 7 nitrogen and oxygen atoms in total. The molecule has 0 bridgehead atoms. The summed E-state index contributed by atoms with van der Waals surface area (Å²) in [5, 5.41) is -0.234. The zero-order valence-electron chi connectivity index (χ0n) is 17.0. The number of amidine groups is 1. The van der Waals surface area contributed by atoms with Crippen molar-refractivity contribution in [3.63, 3.8) is 0 Å². The van der Waals surface area contributed by atoms with Gasteiger partial charge in [0.2, 0.25) is 0 Å². The van der Waals surface area contributed by atoms with E-state index >= 15 is 0 Å². The molecular formula is C20H22ClFN4O3S. The molecule has 0 fully saturated rings. The Morgan fingerprint density at radius 1 is 1.23 bits per heavy atom. The Morgan fingerprint density at radius 3 is 2.47 bits per heavy atom. The number of halogens is 2. The number of nitrogens with zero attached hydrogens (tertiary/aromatic N) is 3. The Kier molecular flexibility index (Phi) is 5.49. The molecule has 0 spiro atoms. The number of hydrogen-bond donors (Lipinski definition) is 1. The first-order valence-corrected chi connectivity index (χ1v) is 11.2. The highest BCUT2D eigenvalue weighted by molar-refractivity contribution is 7.93. The van der Waals surface area contributed by atoms with E-state index in [1.165, 1.54) is 45.3 Å². The number of rotatable bonds is 4. The highest BCUT2D eigenvalue weighted by Crippen LogP contribution is 2.39. The van der Waals surface area contributed by atoms with E-state index in [1.54, 1.807) is 6.92 Å². The summed E-state index contributed by atoms with van der Waals surface area (Å²) < 4.78 is 39.2. The average molecular weight is 453 g/mol. The molecule has 0 amide bonds. The van der Waals surface area contributed by atoms with Crippen molar-refractivity contribution in [3.8, 4) is 0 Å². The van der Waals surface area contributed by atoms with Gasteiger partial charge < -0.3 is 5.73 Å². The van der Waals surface area contributed by atoms with Crippen LogP contribution in [0.3, 0.4) is 0 Å². The monoisotopic (exact) mass is 452 g/mol. The maximum Gasteiger partial charge on any atom is 0.187 e. The van der Waals surface area contributed by atoms with E-state index in [9.17, 15) is 17.6 Å². The number of aliphatic imine (C=N–C) groups is 1. The number of Topliss-reactive ketones (excluding diaryl/α,β-unsaturated/α-hetero) is 1. The van der Waals surface area contributed by atoms with E-state index in [2.05, 4.69) is 15.0 Å². The Labute approximate surface area is 179 Å². The number of ketones is 1. The number of sulfone groups is 1. The minimum absolute atomic E-state index is 0.0326. The molecule has 160 valence electrons. The van der Waals surface area contributed by atoms with Crippen LogP contribution in [0.15, 0.2) is 29.5 Å². The Morgan fingerprint density at radius 2 is 1.90 bits per heavy atom. The molecule has 1 aromatic carbocycles. The molecule has 1 aromatic heterocycles. The molecule has 0 aliphatic carbocycles. The zero-order valence-corrected chi connectivity index (χ0v) is 18.6. The van der Waals surface area contributed by atoms with Gasteiger partial charge in [0.05, 0.1) is 22.7 Å². The lowest BCUT2D eigenvalue weighted by Crippen LogP contribution is -2.55. The van der Waals surface area contributed by atoms with E-state index in [0.29, 0.717) is 11.3 Å². The number of carbonyl (C=O) groups excluding carboxylic acids is 1. The second-order valence-corrected chi connectivity index (χ2v) is 11.1. The third-order valence-electron chi connectivity index (χ3n) is 5.33. The Bertz CT molecular complexity index is 1160. The SMILES string of the molecule is Cc1cnc(C(=O)Cc2cc(Cl)c(F)c([C@]3(C)CS(=O)(=O)C(C)(C)C(N)=N3)c2)cn1. The molecule has 0 saturated carbocycles. The molecule has 30 heavy (non-hydrogen) atoms. The van der Waals surface area contributed by atoms with Crippen LogP contribution >= 0.6 is 11.6 Å². The van der Waals surface area contributed by atoms with Gasteiger partial charge in [0, 0.05) is 18.2 Å². The van der Waals surface area contributed by atoms with Crippen molar-refractivity contribution in [2.45, 2.75) is 44.4 Å². The highest BCUT2D eigenvalue weighted by Gasteiger charge is 2.49. The highest BCUT2D eigenvalue weighted by atomic mass is 35.5. The molecule has 3 rings (SSSR count). The van der Waals surface area contributed by atoms with Gasteiger partial charge in [0.1, 0.15) is 27.6 Å². The van der Waals surface area contributed by atoms with Crippen LogP contribution in [0.5, 0.6) is 0 Å². The Hall–Kier alpha value is -2.39. The van der Waals surface area contributed by atoms with E-state index in [-0.39, 0.29) is 34.3 Å². The first kappa shape index (κ1) is 22.3. The fraction of sp³-hybridized carbons (Fsp3) is 0.400. The van der Waals surface area contributed by atoms with E-state index in [0.717, 1.165) is 0 Å². The zero-order chi connectivity index (χ0) is 22.5. The van der Waals surface area contributed by atoms with Crippen LogP contribution in [0, 0.1) is 12.7 Å². The summed E-state index contributed by atoms with van der Waals surface area (Å²) in [6.07, 6.45) is 2.73. The van der Waals surface area contributed by atoms with Crippen molar-refractivity contribution in [3.05, 3.63) is 57.9 Å². The summed E-state index contributed by atoms with van der Waals surface area (Å²) in [4.78, 5) is 25.0. The average Bonchev–Trinajstić information content (AvgIpc) is 2.63. The second kappa shape index (κ2) is 7.39. The topological polar surface area (TPSA) is 115 Å².